The molecule has 3 heteroatoms. The van der Waals surface area contributed by atoms with E-state index in [1.54, 1.807) is 0 Å². The highest BCUT2D eigenvalue weighted by molar-refractivity contribution is 9.10. The Morgan fingerprint density at radius 1 is 1.28 bits per heavy atom. The van der Waals surface area contributed by atoms with E-state index in [0.717, 1.165) is 21.8 Å². The zero-order valence-electron chi connectivity index (χ0n) is 10.6. The van der Waals surface area contributed by atoms with Crippen LogP contribution < -0.4 is 0 Å². The summed E-state index contributed by atoms with van der Waals surface area (Å²) in [6.07, 6.45) is 2.44. The van der Waals surface area contributed by atoms with Crippen LogP contribution >= 0.6 is 27.3 Å². The third-order valence-electron chi connectivity index (χ3n) is 3.58. The molecule has 0 bridgehead atoms. The average molecular weight is 322 g/mol. The van der Waals surface area contributed by atoms with Crippen LogP contribution in [0.5, 0.6) is 0 Å². The molecule has 0 N–H and O–H groups in total. The van der Waals surface area contributed by atoms with Crippen LogP contribution in [-0.2, 0) is 6.42 Å². The van der Waals surface area contributed by atoms with Crippen molar-refractivity contribution in [3.63, 3.8) is 0 Å². The molecule has 1 aliphatic carbocycles. The number of hydrogen-bond donors (Lipinski definition) is 0. The molecule has 0 saturated carbocycles. The molecule has 1 aromatic carbocycles. The number of rotatable bonds is 1. The van der Waals surface area contributed by atoms with Crippen LogP contribution in [0, 0.1) is 5.92 Å². The van der Waals surface area contributed by atoms with Crippen molar-refractivity contribution in [2.24, 2.45) is 5.92 Å². The molecule has 2 atom stereocenters. The van der Waals surface area contributed by atoms with Crippen LogP contribution in [0.25, 0.3) is 10.6 Å². The van der Waals surface area contributed by atoms with Crippen molar-refractivity contribution in [2.45, 2.75) is 32.6 Å². The lowest BCUT2D eigenvalue weighted by molar-refractivity contribution is 0.450. The summed E-state index contributed by atoms with van der Waals surface area (Å²) < 4.78 is 1.14. The van der Waals surface area contributed by atoms with Gasteiger partial charge in [-0.3, -0.25) is 0 Å². The molecule has 2 aromatic rings. The number of aromatic nitrogens is 1. The van der Waals surface area contributed by atoms with Crippen molar-refractivity contribution < 1.29 is 0 Å². The van der Waals surface area contributed by atoms with E-state index < -0.39 is 0 Å². The Kier molecular flexibility index (Phi) is 3.29. The molecule has 94 valence electrons. The van der Waals surface area contributed by atoms with Gasteiger partial charge in [0.25, 0.3) is 0 Å². The van der Waals surface area contributed by atoms with E-state index in [2.05, 4.69) is 48.0 Å². The zero-order valence-corrected chi connectivity index (χ0v) is 13.0. The van der Waals surface area contributed by atoms with E-state index in [1.165, 1.54) is 22.6 Å². The third kappa shape index (κ3) is 2.14. The van der Waals surface area contributed by atoms with Gasteiger partial charge in [-0.15, -0.1) is 11.3 Å². The second-order valence-corrected chi connectivity index (χ2v) is 7.14. The van der Waals surface area contributed by atoms with Crippen molar-refractivity contribution >= 4 is 27.3 Å². The van der Waals surface area contributed by atoms with Gasteiger partial charge in [-0.05, 0) is 30.7 Å². The lowest BCUT2D eigenvalue weighted by atomic mass is 9.86. The van der Waals surface area contributed by atoms with E-state index >= 15 is 0 Å². The number of nitrogens with zero attached hydrogens (tertiary/aromatic N) is 1. The molecule has 3 rings (SSSR count). The quantitative estimate of drug-likeness (QED) is 0.698. The lowest BCUT2D eigenvalue weighted by Gasteiger charge is -2.22. The Balaban J connectivity index is 2.06. The van der Waals surface area contributed by atoms with E-state index in [-0.39, 0.29) is 0 Å². The van der Waals surface area contributed by atoms with Gasteiger partial charge in [0.05, 0.1) is 5.69 Å². The second kappa shape index (κ2) is 4.78. The fourth-order valence-corrected chi connectivity index (χ4v) is 4.57. The van der Waals surface area contributed by atoms with Crippen molar-refractivity contribution in [1.82, 2.24) is 4.98 Å². The molecule has 0 spiro atoms. The summed E-state index contributed by atoms with van der Waals surface area (Å²) in [6.45, 7) is 4.66. The predicted molar refractivity (Wildman–Crippen MR) is 81.2 cm³/mol. The van der Waals surface area contributed by atoms with Gasteiger partial charge in [0.15, 0.2) is 0 Å². The Labute approximate surface area is 120 Å². The monoisotopic (exact) mass is 321 g/mol. The van der Waals surface area contributed by atoms with Crippen molar-refractivity contribution in [3.8, 4) is 10.6 Å². The van der Waals surface area contributed by atoms with Crippen LogP contribution in [0.15, 0.2) is 28.7 Å². The standard InChI is InChI=1S/C15H16BrNS/c1-9-7-10(2)14-13(8-9)17-15(18-14)11-5-3-4-6-12(11)16/h3-6,9-10H,7-8H2,1-2H3. The molecule has 1 heterocycles. The van der Waals surface area contributed by atoms with Gasteiger partial charge >= 0.3 is 0 Å². The smallest absolute Gasteiger partial charge is 0.125 e. The molecule has 0 aliphatic heterocycles. The second-order valence-electron chi connectivity index (χ2n) is 5.26. The van der Waals surface area contributed by atoms with Crippen LogP contribution in [0.2, 0.25) is 0 Å². The van der Waals surface area contributed by atoms with Crippen LogP contribution in [0.4, 0.5) is 0 Å². The van der Waals surface area contributed by atoms with E-state index in [9.17, 15) is 0 Å². The van der Waals surface area contributed by atoms with Gasteiger partial charge in [0, 0.05) is 14.9 Å². The normalized spacial score (nSPS) is 22.8. The Bertz CT molecular complexity index is 576. The minimum absolute atomic E-state index is 0.664. The fourth-order valence-electron chi connectivity index (χ4n) is 2.77. The molecule has 1 aliphatic rings. The number of benzene rings is 1. The maximum absolute atomic E-state index is 4.87. The fraction of sp³-hybridized carbons (Fsp3) is 0.400. The third-order valence-corrected chi connectivity index (χ3v) is 5.63. The van der Waals surface area contributed by atoms with E-state index in [1.807, 2.05) is 17.4 Å². The van der Waals surface area contributed by atoms with Gasteiger partial charge in [-0.1, -0.05) is 48.0 Å². The van der Waals surface area contributed by atoms with E-state index in [4.69, 9.17) is 4.98 Å². The van der Waals surface area contributed by atoms with Crippen LogP contribution in [-0.4, -0.2) is 4.98 Å². The molecule has 0 fully saturated rings. The van der Waals surface area contributed by atoms with Gasteiger partial charge in [0.2, 0.25) is 0 Å². The molecular formula is C15H16BrNS. The molecule has 0 amide bonds. The van der Waals surface area contributed by atoms with Crippen molar-refractivity contribution in [1.29, 1.82) is 0 Å². The first-order chi connectivity index (χ1) is 8.65. The highest BCUT2D eigenvalue weighted by Crippen LogP contribution is 2.41. The van der Waals surface area contributed by atoms with Crippen LogP contribution in [0.1, 0.15) is 36.8 Å². The number of halogens is 1. The molecule has 2 unspecified atom stereocenters. The first-order valence-corrected chi connectivity index (χ1v) is 8.00. The number of hydrogen-bond acceptors (Lipinski definition) is 2. The Morgan fingerprint density at radius 2 is 2.06 bits per heavy atom. The SMILES string of the molecule is CC1Cc2nc(-c3ccccc3Br)sc2C(C)C1. The van der Waals surface area contributed by atoms with Gasteiger partial charge in [0.1, 0.15) is 5.01 Å². The molecule has 0 radical (unpaired) electrons. The largest absolute Gasteiger partial charge is 0.241 e. The Morgan fingerprint density at radius 3 is 2.83 bits per heavy atom. The maximum atomic E-state index is 4.87. The minimum atomic E-state index is 0.664. The topological polar surface area (TPSA) is 12.9 Å². The highest BCUT2D eigenvalue weighted by atomic mass is 79.9. The Hall–Kier alpha value is -0.670. The van der Waals surface area contributed by atoms with Gasteiger partial charge < -0.3 is 0 Å². The molecular weight excluding hydrogens is 306 g/mol. The average Bonchev–Trinajstić information content (AvgIpc) is 2.73. The van der Waals surface area contributed by atoms with Gasteiger partial charge in [-0.25, -0.2) is 4.98 Å². The summed E-state index contributed by atoms with van der Waals surface area (Å²) in [5.41, 5.74) is 2.55. The number of fused-ring (bicyclic) bond motifs is 1. The first-order valence-electron chi connectivity index (χ1n) is 6.39. The molecule has 1 nitrogen and oxygen atoms in total. The molecule has 1 aromatic heterocycles. The maximum Gasteiger partial charge on any atom is 0.125 e. The summed E-state index contributed by atoms with van der Waals surface area (Å²) in [7, 11) is 0. The molecule has 0 saturated heterocycles. The van der Waals surface area contributed by atoms with Gasteiger partial charge in [-0.2, -0.15) is 0 Å². The summed E-state index contributed by atoms with van der Waals surface area (Å²) in [5.74, 6) is 1.43. The predicted octanol–water partition coefficient (Wildman–Crippen LogP) is 5.26. The van der Waals surface area contributed by atoms with Crippen molar-refractivity contribution in [3.05, 3.63) is 39.3 Å². The highest BCUT2D eigenvalue weighted by Gasteiger charge is 2.26. The summed E-state index contributed by atoms with van der Waals surface area (Å²) in [4.78, 5) is 6.37. The minimum Gasteiger partial charge on any atom is -0.241 e. The summed E-state index contributed by atoms with van der Waals surface area (Å²) >= 11 is 5.49. The summed E-state index contributed by atoms with van der Waals surface area (Å²) in [6, 6.07) is 8.35. The first kappa shape index (κ1) is 12.4. The summed E-state index contributed by atoms with van der Waals surface area (Å²) in [5, 5.41) is 1.16. The number of thiazole rings is 1. The van der Waals surface area contributed by atoms with Crippen molar-refractivity contribution in [2.75, 3.05) is 0 Å². The molecule has 18 heavy (non-hydrogen) atoms. The lowest BCUT2D eigenvalue weighted by Crippen LogP contribution is -2.12. The van der Waals surface area contributed by atoms with Crippen LogP contribution in [0.3, 0.4) is 0 Å². The van der Waals surface area contributed by atoms with E-state index in [0.29, 0.717) is 5.92 Å². The zero-order chi connectivity index (χ0) is 12.7.